The van der Waals surface area contributed by atoms with Crippen LogP contribution in [0.15, 0.2) is 0 Å². The van der Waals surface area contributed by atoms with Crippen LogP contribution < -0.4 is 10.6 Å². The van der Waals surface area contributed by atoms with E-state index in [4.69, 9.17) is 4.74 Å². The molecule has 1 saturated carbocycles. The van der Waals surface area contributed by atoms with Gasteiger partial charge in [0.25, 0.3) is 0 Å². The van der Waals surface area contributed by atoms with Crippen LogP contribution in [0, 0.1) is 0 Å². The maximum atomic E-state index is 11.6. The van der Waals surface area contributed by atoms with E-state index in [2.05, 4.69) is 10.6 Å². The molecule has 0 radical (unpaired) electrons. The van der Waals surface area contributed by atoms with E-state index >= 15 is 0 Å². The number of nitrogens with one attached hydrogen (secondary N) is 2. The average molecular weight is 244 g/mol. The third-order valence-corrected chi connectivity index (χ3v) is 3.03. The monoisotopic (exact) mass is 244 g/mol. The van der Waals surface area contributed by atoms with Gasteiger partial charge in [0.05, 0.1) is 13.2 Å². The Bertz CT molecular complexity index is 238. The zero-order valence-electron chi connectivity index (χ0n) is 10.8. The Morgan fingerprint density at radius 2 is 2.06 bits per heavy atom. The molecule has 3 N–H and O–H groups in total. The fourth-order valence-corrected chi connectivity index (χ4v) is 2.12. The summed E-state index contributed by atoms with van der Waals surface area (Å²) in [5.41, 5.74) is -1.02. The van der Waals surface area contributed by atoms with Gasteiger partial charge in [0, 0.05) is 13.2 Å². The highest BCUT2D eigenvalue weighted by Crippen LogP contribution is 2.17. The molecule has 2 amide bonds. The summed E-state index contributed by atoms with van der Waals surface area (Å²) in [7, 11) is 1.52. The number of hydrogen-bond acceptors (Lipinski definition) is 3. The number of carbonyl (C=O) groups excluding carboxylic acids is 1. The molecule has 1 rings (SSSR count). The van der Waals surface area contributed by atoms with Crippen LogP contribution in [0.1, 0.15) is 39.0 Å². The highest BCUT2D eigenvalue weighted by atomic mass is 16.5. The molecule has 1 atom stereocenters. The van der Waals surface area contributed by atoms with Crippen LogP contribution >= 0.6 is 0 Å². The molecule has 0 aliphatic heterocycles. The second-order valence-corrected chi connectivity index (χ2v) is 5.09. The summed E-state index contributed by atoms with van der Waals surface area (Å²) in [5.74, 6) is 0. The molecule has 0 unspecified atom stereocenters. The Morgan fingerprint density at radius 1 is 1.41 bits per heavy atom. The second kappa shape index (κ2) is 6.81. The molecule has 5 nitrogen and oxygen atoms in total. The first-order valence-corrected chi connectivity index (χ1v) is 6.29. The fraction of sp³-hybridized carbons (Fsp3) is 0.917. The summed E-state index contributed by atoms with van der Waals surface area (Å²) in [4.78, 5) is 11.6. The summed E-state index contributed by atoms with van der Waals surface area (Å²) in [6, 6.07) is 0.0874. The average Bonchev–Trinajstić information content (AvgIpc) is 2.28. The van der Waals surface area contributed by atoms with E-state index in [9.17, 15) is 9.90 Å². The molecule has 1 aliphatic rings. The van der Waals surface area contributed by atoms with Gasteiger partial charge in [-0.3, -0.25) is 0 Å². The highest BCUT2D eigenvalue weighted by molar-refractivity contribution is 5.74. The zero-order chi connectivity index (χ0) is 12.7. The number of ether oxygens (including phenoxy) is 1. The summed E-state index contributed by atoms with van der Waals surface area (Å²) in [6.45, 7) is 2.04. The molecule has 0 heterocycles. The molecular weight excluding hydrogens is 220 g/mol. The van der Waals surface area contributed by atoms with Gasteiger partial charge < -0.3 is 20.5 Å². The lowest BCUT2D eigenvalue weighted by Gasteiger charge is -2.25. The van der Waals surface area contributed by atoms with Gasteiger partial charge in [0.2, 0.25) is 0 Å². The highest BCUT2D eigenvalue weighted by Gasteiger charge is 2.22. The van der Waals surface area contributed by atoms with E-state index in [1.54, 1.807) is 6.92 Å². The van der Waals surface area contributed by atoms with Crippen molar-refractivity contribution in [3.63, 3.8) is 0 Å². The summed E-state index contributed by atoms with van der Waals surface area (Å²) >= 11 is 0. The largest absolute Gasteiger partial charge is 0.386 e. The van der Waals surface area contributed by atoms with Gasteiger partial charge in [-0.25, -0.2) is 4.79 Å². The molecule has 5 heteroatoms. The van der Waals surface area contributed by atoms with Crippen molar-refractivity contribution < 1.29 is 14.6 Å². The molecule has 0 aromatic rings. The van der Waals surface area contributed by atoms with E-state index in [1.165, 1.54) is 26.4 Å². The maximum Gasteiger partial charge on any atom is 0.315 e. The van der Waals surface area contributed by atoms with Crippen LogP contribution in [0.2, 0.25) is 0 Å². The van der Waals surface area contributed by atoms with Crippen LogP contribution in [0.25, 0.3) is 0 Å². The molecule has 0 spiro atoms. The first-order chi connectivity index (χ1) is 8.03. The Balaban J connectivity index is 2.20. The second-order valence-electron chi connectivity index (χ2n) is 5.09. The minimum absolute atomic E-state index is 0.194. The van der Waals surface area contributed by atoms with Crippen LogP contribution in [0.3, 0.4) is 0 Å². The first-order valence-electron chi connectivity index (χ1n) is 6.29. The van der Waals surface area contributed by atoms with Crippen LogP contribution in [-0.2, 0) is 4.74 Å². The maximum absolute atomic E-state index is 11.6. The molecule has 0 aromatic heterocycles. The quantitative estimate of drug-likeness (QED) is 0.676. The van der Waals surface area contributed by atoms with Crippen molar-refractivity contribution in [2.24, 2.45) is 0 Å². The number of carbonyl (C=O) groups is 1. The number of hydrogen-bond donors (Lipinski definition) is 3. The predicted octanol–water partition coefficient (Wildman–Crippen LogP) is 1.02. The topological polar surface area (TPSA) is 70.6 Å². The van der Waals surface area contributed by atoms with E-state index < -0.39 is 5.60 Å². The van der Waals surface area contributed by atoms with Crippen LogP contribution in [0.5, 0.6) is 0 Å². The molecule has 17 heavy (non-hydrogen) atoms. The van der Waals surface area contributed by atoms with E-state index in [-0.39, 0.29) is 25.2 Å². The van der Waals surface area contributed by atoms with E-state index in [0.29, 0.717) is 0 Å². The van der Waals surface area contributed by atoms with Crippen molar-refractivity contribution in [1.29, 1.82) is 0 Å². The van der Waals surface area contributed by atoms with Gasteiger partial charge in [0.1, 0.15) is 5.60 Å². The van der Waals surface area contributed by atoms with Crippen LogP contribution in [0.4, 0.5) is 4.79 Å². The summed E-state index contributed by atoms with van der Waals surface area (Å²) < 4.78 is 4.87. The normalized spacial score (nSPS) is 20.6. The fourth-order valence-electron chi connectivity index (χ4n) is 2.12. The Morgan fingerprint density at radius 3 is 2.65 bits per heavy atom. The number of methoxy groups -OCH3 is 1. The smallest absolute Gasteiger partial charge is 0.315 e. The lowest BCUT2D eigenvalue weighted by atomic mass is 9.96. The van der Waals surface area contributed by atoms with Gasteiger partial charge in [0.15, 0.2) is 0 Å². The van der Waals surface area contributed by atoms with Gasteiger partial charge in [-0.1, -0.05) is 19.3 Å². The number of aliphatic hydroxyl groups is 1. The van der Waals surface area contributed by atoms with Crippen LogP contribution in [-0.4, -0.2) is 43.0 Å². The predicted molar refractivity (Wildman–Crippen MR) is 65.9 cm³/mol. The lowest BCUT2D eigenvalue weighted by Crippen LogP contribution is -2.49. The number of rotatable bonds is 5. The zero-order valence-corrected chi connectivity index (χ0v) is 10.8. The molecule has 0 saturated heterocycles. The Labute approximate surface area is 103 Å². The third-order valence-electron chi connectivity index (χ3n) is 3.03. The van der Waals surface area contributed by atoms with Crippen molar-refractivity contribution in [2.45, 2.75) is 50.7 Å². The lowest BCUT2D eigenvalue weighted by molar-refractivity contribution is -0.0136. The van der Waals surface area contributed by atoms with Crippen molar-refractivity contribution in [1.82, 2.24) is 10.6 Å². The minimum atomic E-state index is -1.02. The summed E-state index contributed by atoms with van der Waals surface area (Å²) in [6.07, 6.45) is 5.75. The molecule has 100 valence electrons. The SMILES string of the molecule is COC[C@](C)(O)CNC(=O)NC1CCCCC1. The summed E-state index contributed by atoms with van der Waals surface area (Å²) in [5, 5.41) is 15.4. The molecule has 1 fully saturated rings. The van der Waals surface area contributed by atoms with E-state index in [0.717, 1.165) is 12.8 Å². The standard InChI is InChI=1S/C12H24N2O3/c1-12(16,9-17-2)8-13-11(15)14-10-6-4-3-5-7-10/h10,16H,3-9H2,1-2H3,(H2,13,14,15)/t12-/m1/s1. The van der Waals surface area contributed by atoms with Gasteiger partial charge in [-0.05, 0) is 19.8 Å². The minimum Gasteiger partial charge on any atom is -0.386 e. The Kier molecular flexibility index (Phi) is 5.71. The molecule has 1 aliphatic carbocycles. The number of urea groups is 1. The van der Waals surface area contributed by atoms with Gasteiger partial charge in [-0.2, -0.15) is 0 Å². The van der Waals surface area contributed by atoms with E-state index in [1.807, 2.05) is 0 Å². The Hall–Kier alpha value is -0.810. The van der Waals surface area contributed by atoms with Crippen molar-refractivity contribution >= 4 is 6.03 Å². The van der Waals surface area contributed by atoms with Crippen molar-refractivity contribution in [3.8, 4) is 0 Å². The van der Waals surface area contributed by atoms with Crippen molar-refractivity contribution in [3.05, 3.63) is 0 Å². The number of amides is 2. The van der Waals surface area contributed by atoms with Gasteiger partial charge in [-0.15, -0.1) is 0 Å². The molecule has 0 aromatic carbocycles. The van der Waals surface area contributed by atoms with Crippen molar-refractivity contribution in [2.75, 3.05) is 20.3 Å². The molecule has 0 bridgehead atoms. The molecular formula is C12H24N2O3. The van der Waals surface area contributed by atoms with Gasteiger partial charge >= 0.3 is 6.03 Å². The third kappa shape index (κ3) is 5.89. The first kappa shape index (κ1) is 14.3.